The molecule has 0 bridgehead atoms. The third-order valence-corrected chi connectivity index (χ3v) is 3.07. The normalized spacial score (nSPS) is 20.5. The molecular weight excluding hydrogens is 242 g/mol. The van der Waals surface area contributed by atoms with Gasteiger partial charge < -0.3 is 10.1 Å². The number of nitrogens with one attached hydrogen (secondary N) is 1. The summed E-state index contributed by atoms with van der Waals surface area (Å²) in [6, 6.07) is 0.0764. The molecule has 1 fully saturated rings. The van der Waals surface area contributed by atoms with Crippen LogP contribution in [-0.2, 0) is 11.3 Å². The SMILES string of the molecule is CCn1ncc(Cl)c1C(=O)CC1COCCN1. The minimum absolute atomic E-state index is 0.0114. The van der Waals surface area contributed by atoms with Crippen molar-refractivity contribution >= 4 is 17.4 Å². The van der Waals surface area contributed by atoms with Gasteiger partial charge in [0.15, 0.2) is 5.78 Å². The fourth-order valence-electron chi connectivity index (χ4n) is 1.95. The van der Waals surface area contributed by atoms with Crippen molar-refractivity contribution in [1.29, 1.82) is 0 Å². The van der Waals surface area contributed by atoms with Gasteiger partial charge in [-0.3, -0.25) is 9.48 Å². The molecule has 0 radical (unpaired) electrons. The first kappa shape index (κ1) is 12.5. The summed E-state index contributed by atoms with van der Waals surface area (Å²) in [6.45, 7) is 4.64. The van der Waals surface area contributed by atoms with Gasteiger partial charge in [0.2, 0.25) is 0 Å². The summed E-state index contributed by atoms with van der Waals surface area (Å²) in [4.78, 5) is 12.1. The minimum atomic E-state index is 0.0114. The number of ketones is 1. The predicted molar refractivity (Wildman–Crippen MR) is 64.5 cm³/mol. The van der Waals surface area contributed by atoms with Gasteiger partial charge >= 0.3 is 0 Å². The highest BCUT2D eigenvalue weighted by Gasteiger charge is 2.22. The summed E-state index contributed by atoms with van der Waals surface area (Å²) in [6.07, 6.45) is 1.91. The monoisotopic (exact) mass is 257 g/mol. The molecule has 1 aliphatic heterocycles. The van der Waals surface area contributed by atoms with E-state index in [0.29, 0.717) is 36.9 Å². The lowest BCUT2D eigenvalue weighted by Crippen LogP contribution is -2.42. The first-order chi connectivity index (χ1) is 8.22. The van der Waals surface area contributed by atoms with Crippen LogP contribution in [0.1, 0.15) is 23.8 Å². The number of halogens is 1. The molecule has 1 unspecified atom stereocenters. The number of nitrogens with zero attached hydrogens (tertiary/aromatic N) is 2. The zero-order chi connectivity index (χ0) is 12.3. The Labute approximate surface area is 105 Å². The number of hydrogen-bond acceptors (Lipinski definition) is 4. The van der Waals surface area contributed by atoms with Crippen molar-refractivity contribution in [3.63, 3.8) is 0 Å². The molecule has 1 atom stereocenters. The van der Waals surface area contributed by atoms with Crippen LogP contribution < -0.4 is 5.32 Å². The highest BCUT2D eigenvalue weighted by atomic mass is 35.5. The number of rotatable bonds is 4. The van der Waals surface area contributed by atoms with E-state index < -0.39 is 0 Å². The van der Waals surface area contributed by atoms with Crippen molar-refractivity contribution in [2.24, 2.45) is 0 Å². The fraction of sp³-hybridized carbons (Fsp3) is 0.636. The zero-order valence-corrected chi connectivity index (χ0v) is 10.5. The largest absolute Gasteiger partial charge is 0.378 e. The number of carbonyl (C=O) groups excluding carboxylic acids is 1. The average Bonchev–Trinajstić information content (AvgIpc) is 2.71. The molecule has 0 amide bonds. The van der Waals surface area contributed by atoms with Gasteiger partial charge in [0.05, 0.1) is 24.4 Å². The zero-order valence-electron chi connectivity index (χ0n) is 9.78. The van der Waals surface area contributed by atoms with Gasteiger partial charge in [0.25, 0.3) is 0 Å². The number of aryl methyl sites for hydroxylation is 1. The van der Waals surface area contributed by atoms with Crippen molar-refractivity contribution in [2.45, 2.75) is 25.9 Å². The minimum Gasteiger partial charge on any atom is -0.378 e. The Morgan fingerprint density at radius 3 is 3.24 bits per heavy atom. The maximum Gasteiger partial charge on any atom is 0.184 e. The molecule has 1 saturated heterocycles. The number of carbonyl (C=O) groups is 1. The van der Waals surface area contributed by atoms with E-state index in [1.165, 1.54) is 6.20 Å². The van der Waals surface area contributed by atoms with Crippen LogP contribution in [0.25, 0.3) is 0 Å². The quantitative estimate of drug-likeness (QED) is 0.822. The molecule has 5 nitrogen and oxygen atoms in total. The smallest absolute Gasteiger partial charge is 0.184 e. The van der Waals surface area contributed by atoms with Gasteiger partial charge in [-0.25, -0.2) is 0 Å². The highest BCUT2D eigenvalue weighted by Crippen LogP contribution is 2.18. The lowest BCUT2D eigenvalue weighted by atomic mass is 10.1. The summed E-state index contributed by atoms with van der Waals surface area (Å²) < 4.78 is 6.95. The van der Waals surface area contributed by atoms with Crippen molar-refractivity contribution in [2.75, 3.05) is 19.8 Å². The lowest BCUT2D eigenvalue weighted by molar-refractivity contribution is 0.0672. The molecule has 1 aromatic heterocycles. The molecule has 94 valence electrons. The van der Waals surface area contributed by atoms with Gasteiger partial charge in [-0.1, -0.05) is 11.6 Å². The molecule has 1 aromatic rings. The molecular formula is C11H16ClN3O2. The highest BCUT2D eigenvalue weighted by molar-refractivity contribution is 6.33. The topological polar surface area (TPSA) is 56.2 Å². The van der Waals surface area contributed by atoms with Crippen molar-refractivity contribution in [1.82, 2.24) is 15.1 Å². The maximum atomic E-state index is 12.1. The average molecular weight is 258 g/mol. The summed E-state index contributed by atoms with van der Waals surface area (Å²) in [7, 11) is 0. The van der Waals surface area contributed by atoms with E-state index in [4.69, 9.17) is 16.3 Å². The Kier molecular flexibility index (Phi) is 4.15. The molecule has 1 aliphatic rings. The maximum absolute atomic E-state index is 12.1. The molecule has 6 heteroatoms. The van der Waals surface area contributed by atoms with E-state index in [-0.39, 0.29) is 11.8 Å². The lowest BCUT2D eigenvalue weighted by Gasteiger charge is -2.23. The van der Waals surface area contributed by atoms with Crippen molar-refractivity contribution in [3.8, 4) is 0 Å². The van der Waals surface area contributed by atoms with Gasteiger partial charge in [0, 0.05) is 25.6 Å². The molecule has 0 saturated carbocycles. The van der Waals surface area contributed by atoms with Crippen LogP contribution in [0.2, 0.25) is 5.02 Å². The van der Waals surface area contributed by atoms with E-state index in [9.17, 15) is 4.79 Å². The van der Waals surface area contributed by atoms with Crippen LogP contribution in [0.15, 0.2) is 6.20 Å². The molecule has 2 rings (SSSR count). The first-order valence-electron chi connectivity index (χ1n) is 5.78. The second-order valence-corrected chi connectivity index (χ2v) is 4.42. The van der Waals surface area contributed by atoms with Gasteiger partial charge in [0.1, 0.15) is 5.69 Å². The number of morpholine rings is 1. The summed E-state index contributed by atoms with van der Waals surface area (Å²) in [5, 5.41) is 7.74. The molecule has 0 spiro atoms. The predicted octanol–water partition coefficient (Wildman–Crippen LogP) is 1.12. The van der Waals surface area contributed by atoms with Crippen LogP contribution in [0.5, 0.6) is 0 Å². The van der Waals surface area contributed by atoms with Crippen LogP contribution in [-0.4, -0.2) is 41.4 Å². The molecule has 1 N–H and O–H groups in total. The van der Waals surface area contributed by atoms with Gasteiger partial charge in [-0.05, 0) is 6.92 Å². The van der Waals surface area contributed by atoms with E-state index in [1.807, 2.05) is 6.92 Å². The number of aromatic nitrogens is 2. The van der Waals surface area contributed by atoms with Crippen molar-refractivity contribution < 1.29 is 9.53 Å². The van der Waals surface area contributed by atoms with E-state index in [2.05, 4.69) is 10.4 Å². The fourth-order valence-corrected chi connectivity index (χ4v) is 2.20. The molecule has 0 aromatic carbocycles. The Bertz CT molecular complexity index is 399. The Morgan fingerprint density at radius 2 is 2.59 bits per heavy atom. The second-order valence-electron chi connectivity index (χ2n) is 4.01. The van der Waals surface area contributed by atoms with Crippen molar-refractivity contribution in [3.05, 3.63) is 16.9 Å². The summed E-state index contributed by atoms with van der Waals surface area (Å²) >= 11 is 5.98. The first-order valence-corrected chi connectivity index (χ1v) is 6.15. The van der Waals surface area contributed by atoms with E-state index in [0.717, 1.165) is 6.54 Å². The Balaban J connectivity index is 2.05. The summed E-state index contributed by atoms with van der Waals surface area (Å²) in [5.74, 6) is 0.0114. The van der Waals surface area contributed by atoms with Gasteiger partial charge in [-0.15, -0.1) is 0 Å². The van der Waals surface area contributed by atoms with E-state index in [1.54, 1.807) is 4.68 Å². The van der Waals surface area contributed by atoms with Crippen LogP contribution in [0, 0.1) is 0 Å². The Hall–Kier alpha value is -0.910. The number of hydrogen-bond donors (Lipinski definition) is 1. The standard InChI is InChI=1S/C11H16ClN3O2/c1-2-15-11(9(12)6-14-15)10(16)5-8-7-17-4-3-13-8/h6,8,13H,2-5,7H2,1H3. The number of Topliss-reactive ketones (excluding diaryl/α,β-unsaturated/α-hetero) is 1. The van der Waals surface area contributed by atoms with Crippen LogP contribution >= 0.6 is 11.6 Å². The molecule has 17 heavy (non-hydrogen) atoms. The van der Waals surface area contributed by atoms with E-state index >= 15 is 0 Å². The van der Waals surface area contributed by atoms with Gasteiger partial charge in [-0.2, -0.15) is 5.10 Å². The van der Waals surface area contributed by atoms with Crippen LogP contribution in [0.4, 0.5) is 0 Å². The third kappa shape index (κ3) is 2.86. The third-order valence-electron chi connectivity index (χ3n) is 2.79. The second kappa shape index (κ2) is 5.62. The number of ether oxygens (including phenoxy) is 1. The molecule has 2 heterocycles. The summed E-state index contributed by atoms with van der Waals surface area (Å²) in [5.41, 5.74) is 0.501. The van der Waals surface area contributed by atoms with Crippen LogP contribution in [0.3, 0.4) is 0 Å². The molecule has 0 aliphatic carbocycles. The Morgan fingerprint density at radius 1 is 1.76 bits per heavy atom.